The standard InChI is InChI=1S/C22H15F6N3O4/c23-21(24,25)13-30(12-15-3-1-2-4-18(15)31(33)34)20(32)14-5-8-17(9-6-14)35-19-10-7-16(11-29-19)22(26,27)28/h1-11H,12-13H2. The predicted octanol–water partition coefficient (Wildman–Crippen LogP) is 6.01. The molecule has 0 radical (unpaired) electrons. The average molecular weight is 499 g/mol. The Bertz CT molecular complexity index is 1200. The van der Waals surface area contributed by atoms with Crippen LogP contribution in [-0.4, -0.2) is 33.4 Å². The fourth-order valence-corrected chi connectivity index (χ4v) is 3.02. The number of alkyl halides is 6. The third-order valence-corrected chi connectivity index (χ3v) is 4.59. The van der Waals surface area contributed by atoms with Crippen LogP contribution in [0.4, 0.5) is 32.0 Å². The van der Waals surface area contributed by atoms with E-state index in [0.717, 1.165) is 30.3 Å². The molecule has 0 N–H and O–H groups in total. The molecule has 0 atom stereocenters. The molecule has 0 aliphatic heterocycles. The van der Waals surface area contributed by atoms with E-state index in [4.69, 9.17) is 4.74 Å². The molecule has 0 unspecified atom stereocenters. The molecule has 7 nitrogen and oxygen atoms in total. The van der Waals surface area contributed by atoms with Gasteiger partial charge in [-0.05, 0) is 30.3 Å². The van der Waals surface area contributed by atoms with Crippen LogP contribution in [0.1, 0.15) is 21.5 Å². The van der Waals surface area contributed by atoms with Crippen molar-refractivity contribution in [1.29, 1.82) is 0 Å². The number of benzene rings is 2. The first kappa shape index (κ1) is 25.5. The number of nitro benzene ring substituents is 1. The maximum atomic E-state index is 13.1. The number of hydrogen-bond donors (Lipinski definition) is 0. The van der Waals surface area contributed by atoms with Crippen LogP contribution in [-0.2, 0) is 12.7 Å². The molecular weight excluding hydrogens is 484 g/mol. The maximum Gasteiger partial charge on any atom is 0.417 e. The summed E-state index contributed by atoms with van der Waals surface area (Å²) >= 11 is 0. The Hall–Kier alpha value is -4.16. The number of pyridine rings is 1. The van der Waals surface area contributed by atoms with E-state index in [1.807, 2.05) is 0 Å². The molecule has 184 valence electrons. The SMILES string of the molecule is O=C(c1ccc(Oc2ccc(C(F)(F)F)cn2)cc1)N(Cc1ccccc1[N+](=O)[O-])CC(F)(F)F. The number of aromatic nitrogens is 1. The van der Waals surface area contributed by atoms with Gasteiger partial charge >= 0.3 is 12.4 Å². The summed E-state index contributed by atoms with van der Waals surface area (Å²) in [5.74, 6) is -1.15. The minimum Gasteiger partial charge on any atom is -0.439 e. The number of hydrogen-bond acceptors (Lipinski definition) is 5. The van der Waals surface area contributed by atoms with Crippen LogP contribution >= 0.6 is 0 Å². The van der Waals surface area contributed by atoms with Crippen LogP contribution in [0.15, 0.2) is 66.9 Å². The number of halogens is 6. The summed E-state index contributed by atoms with van der Waals surface area (Å²) in [6, 6.07) is 11.6. The first-order valence-electron chi connectivity index (χ1n) is 9.73. The number of ether oxygens (including phenoxy) is 1. The van der Waals surface area contributed by atoms with Crippen molar-refractivity contribution in [2.24, 2.45) is 0 Å². The van der Waals surface area contributed by atoms with E-state index in [9.17, 15) is 41.3 Å². The van der Waals surface area contributed by atoms with E-state index in [-0.39, 0.29) is 22.8 Å². The van der Waals surface area contributed by atoms with Crippen molar-refractivity contribution in [1.82, 2.24) is 9.88 Å². The quantitative estimate of drug-likeness (QED) is 0.226. The van der Waals surface area contributed by atoms with E-state index < -0.39 is 47.5 Å². The van der Waals surface area contributed by atoms with Crippen LogP contribution in [0.2, 0.25) is 0 Å². The van der Waals surface area contributed by atoms with Crippen molar-refractivity contribution >= 4 is 11.6 Å². The molecule has 3 aromatic rings. The van der Waals surface area contributed by atoms with E-state index in [2.05, 4.69) is 4.98 Å². The smallest absolute Gasteiger partial charge is 0.417 e. The summed E-state index contributed by atoms with van der Waals surface area (Å²) in [7, 11) is 0. The number of carbonyl (C=O) groups is 1. The number of carbonyl (C=O) groups excluding carboxylic acids is 1. The molecule has 0 bridgehead atoms. The predicted molar refractivity (Wildman–Crippen MR) is 110 cm³/mol. The molecule has 1 heterocycles. The molecule has 0 saturated heterocycles. The van der Waals surface area contributed by atoms with Crippen LogP contribution < -0.4 is 4.74 Å². The lowest BCUT2D eigenvalue weighted by Gasteiger charge is -2.24. The molecule has 0 fully saturated rings. The zero-order valence-electron chi connectivity index (χ0n) is 17.5. The number of nitrogens with zero attached hydrogens (tertiary/aromatic N) is 3. The van der Waals surface area contributed by atoms with Gasteiger partial charge in [-0.2, -0.15) is 26.3 Å². The van der Waals surface area contributed by atoms with E-state index in [0.29, 0.717) is 11.1 Å². The molecule has 0 spiro atoms. The Labute approximate surface area is 193 Å². The van der Waals surface area contributed by atoms with Gasteiger partial charge in [0.15, 0.2) is 0 Å². The topological polar surface area (TPSA) is 85.6 Å². The van der Waals surface area contributed by atoms with Crippen LogP contribution in [0.3, 0.4) is 0 Å². The summed E-state index contributed by atoms with van der Waals surface area (Å²) in [5.41, 5.74) is -1.65. The highest BCUT2D eigenvalue weighted by atomic mass is 19.4. The van der Waals surface area contributed by atoms with Crippen molar-refractivity contribution in [3.05, 3.63) is 93.7 Å². The second-order valence-electron chi connectivity index (χ2n) is 7.17. The van der Waals surface area contributed by atoms with Crippen LogP contribution in [0, 0.1) is 10.1 Å². The summed E-state index contributed by atoms with van der Waals surface area (Å²) in [5, 5.41) is 11.2. The molecule has 35 heavy (non-hydrogen) atoms. The number of nitro groups is 1. The van der Waals surface area contributed by atoms with Gasteiger partial charge in [0.1, 0.15) is 12.3 Å². The van der Waals surface area contributed by atoms with Gasteiger partial charge in [0.05, 0.1) is 17.0 Å². The Kier molecular flexibility index (Phi) is 7.27. The van der Waals surface area contributed by atoms with E-state index in [1.54, 1.807) is 0 Å². The van der Waals surface area contributed by atoms with Gasteiger partial charge in [-0.3, -0.25) is 14.9 Å². The molecular formula is C22H15F6N3O4. The second kappa shape index (κ2) is 9.99. The van der Waals surface area contributed by atoms with Gasteiger partial charge < -0.3 is 9.64 Å². The van der Waals surface area contributed by atoms with Gasteiger partial charge in [-0.25, -0.2) is 4.98 Å². The molecule has 13 heteroatoms. The fraction of sp³-hybridized carbons (Fsp3) is 0.182. The third-order valence-electron chi connectivity index (χ3n) is 4.59. The minimum atomic E-state index is -4.77. The highest BCUT2D eigenvalue weighted by Crippen LogP contribution is 2.30. The van der Waals surface area contributed by atoms with Gasteiger partial charge in [-0.1, -0.05) is 18.2 Å². The Balaban J connectivity index is 1.79. The summed E-state index contributed by atoms with van der Waals surface area (Å²) in [6.45, 7) is -2.31. The molecule has 2 aromatic carbocycles. The van der Waals surface area contributed by atoms with Crippen molar-refractivity contribution in [2.45, 2.75) is 18.9 Å². The van der Waals surface area contributed by atoms with Gasteiger partial charge in [0, 0.05) is 29.5 Å². The van der Waals surface area contributed by atoms with E-state index in [1.165, 1.54) is 30.3 Å². The van der Waals surface area contributed by atoms with Crippen molar-refractivity contribution in [3.63, 3.8) is 0 Å². The lowest BCUT2D eigenvalue weighted by molar-refractivity contribution is -0.385. The Morgan fingerprint density at radius 1 is 0.971 bits per heavy atom. The first-order valence-corrected chi connectivity index (χ1v) is 9.73. The van der Waals surface area contributed by atoms with Gasteiger partial charge in [-0.15, -0.1) is 0 Å². The average Bonchev–Trinajstić information content (AvgIpc) is 2.78. The number of amides is 1. The van der Waals surface area contributed by atoms with Crippen molar-refractivity contribution in [2.75, 3.05) is 6.54 Å². The molecule has 1 amide bonds. The van der Waals surface area contributed by atoms with Crippen molar-refractivity contribution < 1.29 is 40.8 Å². The van der Waals surface area contributed by atoms with Crippen LogP contribution in [0.25, 0.3) is 0 Å². The number of rotatable bonds is 7. The van der Waals surface area contributed by atoms with Gasteiger partial charge in [0.2, 0.25) is 5.88 Å². The Morgan fingerprint density at radius 3 is 2.17 bits per heavy atom. The molecule has 0 aliphatic carbocycles. The van der Waals surface area contributed by atoms with Crippen molar-refractivity contribution in [3.8, 4) is 11.6 Å². The molecule has 0 aliphatic rings. The monoisotopic (exact) mass is 499 g/mol. The summed E-state index contributed by atoms with van der Waals surface area (Å²) < 4.78 is 82.5. The zero-order chi connectivity index (χ0) is 25.8. The number of para-hydroxylation sites is 1. The summed E-state index contributed by atoms with van der Waals surface area (Å²) in [6.07, 6.45) is -8.77. The minimum absolute atomic E-state index is 0.0647. The largest absolute Gasteiger partial charge is 0.439 e. The zero-order valence-corrected chi connectivity index (χ0v) is 17.5. The molecule has 3 rings (SSSR count). The molecule has 0 saturated carbocycles. The highest BCUT2D eigenvalue weighted by molar-refractivity contribution is 5.94. The third kappa shape index (κ3) is 6.91. The summed E-state index contributed by atoms with van der Waals surface area (Å²) in [4.78, 5) is 27.2. The Morgan fingerprint density at radius 2 is 1.63 bits per heavy atom. The lowest BCUT2D eigenvalue weighted by Crippen LogP contribution is -2.38. The first-order chi connectivity index (χ1) is 16.3. The maximum absolute atomic E-state index is 13.1. The van der Waals surface area contributed by atoms with E-state index >= 15 is 0 Å². The second-order valence-corrected chi connectivity index (χ2v) is 7.17. The lowest BCUT2D eigenvalue weighted by atomic mass is 10.1. The normalized spacial score (nSPS) is 11.7. The molecule has 1 aromatic heterocycles. The van der Waals surface area contributed by atoms with Crippen LogP contribution in [0.5, 0.6) is 11.6 Å². The fourth-order valence-electron chi connectivity index (χ4n) is 3.02. The van der Waals surface area contributed by atoms with Gasteiger partial charge in [0.25, 0.3) is 11.6 Å². The highest BCUT2D eigenvalue weighted by Gasteiger charge is 2.34.